The number of nitrogens with two attached hydrogens (primary N) is 1. The summed E-state index contributed by atoms with van der Waals surface area (Å²) >= 11 is 0. The van der Waals surface area contributed by atoms with Crippen molar-refractivity contribution in [3.05, 3.63) is 54.5 Å². The number of para-hydroxylation sites is 1. The summed E-state index contributed by atoms with van der Waals surface area (Å²) in [5, 5.41) is 0.979. The number of benzene rings is 1. The van der Waals surface area contributed by atoms with Crippen molar-refractivity contribution < 1.29 is 4.79 Å². The van der Waals surface area contributed by atoms with E-state index in [2.05, 4.69) is 15.4 Å². The molecule has 3 rings (SSSR count). The van der Waals surface area contributed by atoms with Gasteiger partial charge in [0.25, 0.3) is 5.91 Å². The number of nitrogen functional groups attached to an aromatic ring is 1. The number of H-pyrrole nitrogens is 1. The Bertz CT molecular complexity index is 734. The maximum Gasteiger partial charge on any atom is 0.282 e. The first-order chi connectivity index (χ1) is 9.31. The van der Waals surface area contributed by atoms with E-state index in [1.807, 2.05) is 36.4 Å². The van der Waals surface area contributed by atoms with Crippen molar-refractivity contribution in [2.45, 2.75) is 0 Å². The monoisotopic (exact) mass is 252 g/mol. The Morgan fingerprint density at radius 2 is 1.89 bits per heavy atom. The molecule has 0 aliphatic heterocycles. The molecule has 0 unspecified atom stereocenters. The van der Waals surface area contributed by atoms with Gasteiger partial charge in [-0.2, -0.15) is 0 Å². The molecule has 5 heteroatoms. The smallest absolute Gasteiger partial charge is 0.282 e. The number of hydrogen-bond acceptors (Lipinski definition) is 3. The minimum absolute atomic E-state index is 0.344. The molecule has 4 N–H and O–H groups in total. The van der Waals surface area contributed by atoms with Crippen molar-refractivity contribution in [2.24, 2.45) is 5.84 Å². The first kappa shape index (κ1) is 11.4. The number of pyridine rings is 1. The van der Waals surface area contributed by atoms with Crippen LogP contribution >= 0.6 is 0 Å². The average Bonchev–Trinajstić information content (AvgIpc) is 2.86. The lowest BCUT2D eigenvalue weighted by Gasteiger charge is -2.03. The summed E-state index contributed by atoms with van der Waals surface area (Å²) in [6.07, 6.45) is 3.39. The highest BCUT2D eigenvalue weighted by Gasteiger charge is 2.17. The molecule has 19 heavy (non-hydrogen) atoms. The number of hydrogen-bond donors (Lipinski definition) is 3. The third-order valence-electron chi connectivity index (χ3n) is 3.03. The first-order valence-corrected chi connectivity index (χ1v) is 5.83. The zero-order valence-electron chi connectivity index (χ0n) is 10.1. The molecule has 0 bridgehead atoms. The van der Waals surface area contributed by atoms with Crippen LogP contribution in [0.25, 0.3) is 22.0 Å². The summed E-state index contributed by atoms with van der Waals surface area (Å²) in [4.78, 5) is 19.0. The van der Waals surface area contributed by atoms with Gasteiger partial charge in [-0.25, -0.2) is 5.84 Å². The molecular formula is C14H12N4O. The van der Waals surface area contributed by atoms with Crippen molar-refractivity contribution in [3.8, 4) is 11.1 Å². The van der Waals surface area contributed by atoms with Gasteiger partial charge in [-0.3, -0.25) is 15.2 Å². The third kappa shape index (κ3) is 1.86. The van der Waals surface area contributed by atoms with Gasteiger partial charge in [0.2, 0.25) is 0 Å². The average molecular weight is 252 g/mol. The van der Waals surface area contributed by atoms with Crippen LogP contribution in [-0.4, -0.2) is 15.9 Å². The van der Waals surface area contributed by atoms with Gasteiger partial charge < -0.3 is 4.98 Å². The molecule has 1 aromatic carbocycles. The van der Waals surface area contributed by atoms with Crippen LogP contribution < -0.4 is 11.3 Å². The van der Waals surface area contributed by atoms with Crippen LogP contribution in [0.15, 0.2) is 48.8 Å². The number of hydrazine groups is 1. The van der Waals surface area contributed by atoms with Gasteiger partial charge >= 0.3 is 0 Å². The van der Waals surface area contributed by atoms with E-state index in [1.165, 1.54) is 0 Å². The highest BCUT2D eigenvalue weighted by molar-refractivity contribution is 6.09. The Kier molecular flexibility index (Phi) is 2.74. The molecule has 2 aromatic heterocycles. The molecular weight excluding hydrogens is 240 g/mol. The summed E-state index contributed by atoms with van der Waals surface area (Å²) in [5.41, 5.74) is 5.27. The Hall–Kier alpha value is -2.66. The number of aromatic amines is 1. The van der Waals surface area contributed by atoms with Gasteiger partial charge in [-0.15, -0.1) is 0 Å². The van der Waals surface area contributed by atoms with Crippen LogP contribution in [0.3, 0.4) is 0 Å². The van der Waals surface area contributed by atoms with Crippen molar-refractivity contribution in [3.63, 3.8) is 0 Å². The summed E-state index contributed by atoms with van der Waals surface area (Å²) in [5.74, 6) is 4.90. The molecule has 0 radical (unpaired) electrons. The van der Waals surface area contributed by atoms with Crippen molar-refractivity contribution in [2.75, 3.05) is 0 Å². The van der Waals surface area contributed by atoms with Crippen molar-refractivity contribution in [1.82, 2.24) is 15.4 Å². The number of carbonyl (C=O) groups is 1. The van der Waals surface area contributed by atoms with Gasteiger partial charge in [0, 0.05) is 28.9 Å². The lowest BCUT2D eigenvalue weighted by atomic mass is 10.0. The molecule has 0 aliphatic rings. The molecule has 0 fully saturated rings. The Labute approximate surface area is 109 Å². The summed E-state index contributed by atoms with van der Waals surface area (Å²) in [6, 6.07) is 11.5. The van der Waals surface area contributed by atoms with Crippen LogP contribution in [0.5, 0.6) is 0 Å². The van der Waals surface area contributed by atoms with Crippen molar-refractivity contribution in [1.29, 1.82) is 0 Å². The van der Waals surface area contributed by atoms with E-state index in [4.69, 9.17) is 5.84 Å². The second kappa shape index (κ2) is 4.55. The molecule has 1 amide bonds. The molecule has 3 aromatic rings. The lowest BCUT2D eigenvalue weighted by molar-refractivity contribution is 0.0950. The zero-order chi connectivity index (χ0) is 13.2. The van der Waals surface area contributed by atoms with Gasteiger partial charge in [0.1, 0.15) is 5.69 Å². The number of amides is 1. The Balaban J connectivity index is 2.34. The van der Waals surface area contributed by atoms with E-state index in [0.717, 1.165) is 22.0 Å². The van der Waals surface area contributed by atoms with E-state index >= 15 is 0 Å². The predicted molar refractivity (Wildman–Crippen MR) is 73.2 cm³/mol. The molecule has 0 saturated heterocycles. The quantitative estimate of drug-likeness (QED) is 0.369. The van der Waals surface area contributed by atoms with E-state index in [-0.39, 0.29) is 5.91 Å². The standard InChI is InChI=1S/C14H12N4O/c15-18-14(19)13-12(9-5-7-16-8-6-9)10-3-1-2-4-11(10)17-13/h1-8,17H,15H2,(H,18,19). The number of fused-ring (bicyclic) bond motifs is 1. The first-order valence-electron chi connectivity index (χ1n) is 5.83. The minimum atomic E-state index is -0.344. The van der Waals surface area contributed by atoms with E-state index in [1.54, 1.807) is 12.4 Å². The molecule has 0 saturated carbocycles. The van der Waals surface area contributed by atoms with Gasteiger partial charge in [0.05, 0.1) is 0 Å². The van der Waals surface area contributed by atoms with Gasteiger partial charge in [-0.05, 0) is 23.8 Å². The largest absolute Gasteiger partial charge is 0.350 e. The summed E-state index contributed by atoms with van der Waals surface area (Å²) < 4.78 is 0. The fraction of sp³-hybridized carbons (Fsp3) is 0. The number of carbonyl (C=O) groups excluding carboxylic acids is 1. The van der Waals surface area contributed by atoms with E-state index in [0.29, 0.717) is 5.69 Å². The predicted octanol–water partition coefficient (Wildman–Crippen LogP) is 1.83. The van der Waals surface area contributed by atoms with E-state index in [9.17, 15) is 4.79 Å². The minimum Gasteiger partial charge on any atom is -0.350 e. The molecule has 2 heterocycles. The fourth-order valence-electron chi connectivity index (χ4n) is 2.20. The third-order valence-corrected chi connectivity index (χ3v) is 3.03. The Morgan fingerprint density at radius 1 is 1.16 bits per heavy atom. The lowest BCUT2D eigenvalue weighted by Crippen LogP contribution is -2.30. The Morgan fingerprint density at radius 3 is 2.63 bits per heavy atom. The SMILES string of the molecule is NNC(=O)c1[nH]c2ccccc2c1-c1ccncc1. The molecule has 0 atom stereocenters. The number of nitrogens with zero attached hydrogens (tertiary/aromatic N) is 1. The molecule has 5 nitrogen and oxygen atoms in total. The fourth-order valence-corrected chi connectivity index (χ4v) is 2.20. The second-order valence-electron chi connectivity index (χ2n) is 4.13. The van der Waals surface area contributed by atoms with Crippen LogP contribution in [-0.2, 0) is 0 Å². The van der Waals surface area contributed by atoms with E-state index < -0.39 is 0 Å². The highest BCUT2D eigenvalue weighted by Crippen LogP contribution is 2.31. The van der Waals surface area contributed by atoms with Crippen molar-refractivity contribution >= 4 is 16.8 Å². The van der Waals surface area contributed by atoms with Crippen LogP contribution in [0.1, 0.15) is 10.5 Å². The number of aromatic nitrogens is 2. The summed E-state index contributed by atoms with van der Waals surface area (Å²) in [7, 11) is 0. The zero-order valence-corrected chi connectivity index (χ0v) is 10.1. The second-order valence-corrected chi connectivity index (χ2v) is 4.13. The topological polar surface area (TPSA) is 83.8 Å². The highest BCUT2D eigenvalue weighted by atomic mass is 16.2. The van der Waals surface area contributed by atoms with Crippen LogP contribution in [0, 0.1) is 0 Å². The molecule has 94 valence electrons. The molecule has 0 spiro atoms. The normalized spacial score (nSPS) is 10.6. The molecule has 0 aliphatic carbocycles. The van der Waals surface area contributed by atoms with Crippen LogP contribution in [0.4, 0.5) is 0 Å². The summed E-state index contributed by atoms with van der Waals surface area (Å²) in [6.45, 7) is 0. The van der Waals surface area contributed by atoms with Gasteiger partial charge in [0.15, 0.2) is 0 Å². The number of rotatable bonds is 2. The maximum atomic E-state index is 11.9. The van der Waals surface area contributed by atoms with Crippen LogP contribution in [0.2, 0.25) is 0 Å². The number of nitrogens with one attached hydrogen (secondary N) is 2. The van der Waals surface area contributed by atoms with Gasteiger partial charge in [-0.1, -0.05) is 18.2 Å². The maximum absolute atomic E-state index is 11.9.